The summed E-state index contributed by atoms with van der Waals surface area (Å²) in [5, 5.41) is -0.212. The lowest BCUT2D eigenvalue weighted by molar-refractivity contribution is -0.151. The van der Waals surface area contributed by atoms with E-state index < -0.39 is 12.0 Å². The van der Waals surface area contributed by atoms with Gasteiger partial charge in [-0.15, -0.1) is 11.8 Å². The average Bonchev–Trinajstić information content (AvgIpc) is 3.16. The van der Waals surface area contributed by atoms with Crippen molar-refractivity contribution in [3.05, 3.63) is 41.1 Å². The van der Waals surface area contributed by atoms with Gasteiger partial charge in [-0.05, 0) is 35.6 Å². The molecular formula is C20H24N2O5S. The Bertz CT molecular complexity index is 809. The number of nitrogens with two attached hydrogens (primary N) is 1. The summed E-state index contributed by atoms with van der Waals surface area (Å²) in [6, 6.07) is 6.74. The van der Waals surface area contributed by atoms with Crippen LogP contribution in [-0.2, 0) is 25.7 Å². The third kappa shape index (κ3) is 3.29. The third-order valence-electron chi connectivity index (χ3n) is 5.49. The summed E-state index contributed by atoms with van der Waals surface area (Å²) >= 11 is 1.58. The molecule has 0 spiro atoms. The minimum atomic E-state index is -0.571. The van der Waals surface area contributed by atoms with Crippen LogP contribution in [-0.4, -0.2) is 53.8 Å². The van der Waals surface area contributed by atoms with Gasteiger partial charge in [-0.3, -0.25) is 9.69 Å². The Hall–Kier alpha value is -2.03. The van der Waals surface area contributed by atoms with Gasteiger partial charge in [0, 0.05) is 12.4 Å². The lowest BCUT2D eigenvalue weighted by Gasteiger charge is -2.49. The first-order chi connectivity index (χ1) is 13.5. The Morgan fingerprint density at radius 2 is 2.11 bits per heavy atom. The first-order valence-corrected chi connectivity index (χ1v) is 10.4. The van der Waals surface area contributed by atoms with Crippen LogP contribution in [0, 0.1) is 5.92 Å². The minimum Gasteiger partial charge on any atom is -0.497 e. The second-order valence-corrected chi connectivity index (χ2v) is 8.40. The molecule has 3 aliphatic rings. The van der Waals surface area contributed by atoms with Crippen molar-refractivity contribution in [3.63, 3.8) is 0 Å². The third-order valence-corrected chi connectivity index (χ3v) is 6.82. The number of carbonyl (C=O) groups excluding carboxylic acids is 2. The molecule has 1 amide bonds. The second-order valence-electron chi connectivity index (χ2n) is 7.29. The fourth-order valence-corrected chi connectivity index (χ4v) is 5.16. The predicted octanol–water partition coefficient (Wildman–Crippen LogP) is 1.66. The number of esters is 1. The van der Waals surface area contributed by atoms with E-state index in [-0.39, 0.29) is 24.0 Å². The minimum absolute atomic E-state index is 0.118. The van der Waals surface area contributed by atoms with E-state index >= 15 is 0 Å². The fourth-order valence-electron chi connectivity index (χ4n) is 3.83. The number of methoxy groups -OCH3 is 1. The summed E-state index contributed by atoms with van der Waals surface area (Å²) in [6.07, 6.45) is 0.769. The molecule has 0 radical (unpaired) electrons. The van der Waals surface area contributed by atoms with Gasteiger partial charge < -0.3 is 19.9 Å². The van der Waals surface area contributed by atoms with E-state index in [9.17, 15) is 9.59 Å². The van der Waals surface area contributed by atoms with E-state index in [1.54, 1.807) is 18.9 Å². The number of hydrogen-bond acceptors (Lipinski definition) is 7. The van der Waals surface area contributed by atoms with Crippen LogP contribution in [0.5, 0.6) is 5.75 Å². The molecule has 3 heterocycles. The Morgan fingerprint density at radius 3 is 2.75 bits per heavy atom. The Morgan fingerprint density at radius 1 is 1.36 bits per heavy atom. The van der Waals surface area contributed by atoms with Crippen molar-refractivity contribution in [2.75, 3.05) is 19.5 Å². The maximum atomic E-state index is 13.0. The molecule has 2 saturated heterocycles. The van der Waals surface area contributed by atoms with Gasteiger partial charge >= 0.3 is 5.97 Å². The molecule has 0 saturated carbocycles. The number of ether oxygens (including phenoxy) is 3. The SMILES string of the molecule is COc1ccc(COC(=O)C2=C(C3OCCC3C)CS[C@@H]3[C@H](N)C(=O)N23)cc1. The van der Waals surface area contributed by atoms with Gasteiger partial charge in [-0.1, -0.05) is 19.1 Å². The maximum absolute atomic E-state index is 13.0. The molecule has 28 heavy (non-hydrogen) atoms. The smallest absolute Gasteiger partial charge is 0.355 e. The fraction of sp³-hybridized carbons (Fsp3) is 0.500. The molecule has 1 aromatic rings. The normalized spacial score (nSPS) is 29.4. The van der Waals surface area contributed by atoms with Crippen LogP contribution in [0.15, 0.2) is 35.5 Å². The number of amides is 1. The number of rotatable bonds is 5. The number of benzene rings is 1. The predicted molar refractivity (Wildman–Crippen MR) is 104 cm³/mol. The first kappa shape index (κ1) is 19.3. The first-order valence-electron chi connectivity index (χ1n) is 9.36. The second kappa shape index (κ2) is 7.77. The lowest BCUT2D eigenvalue weighted by atomic mass is 9.94. The number of thioether (sulfide) groups is 1. The molecule has 150 valence electrons. The largest absolute Gasteiger partial charge is 0.497 e. The zero-order valence-corrected chi connectivity index (χ0v) is 16.7. The molecule has 2 N–H and O–H groups in total. The van der Waals surface area contributed by atoms with Crippen LogP contribution >= 0.6 is 11.8 Å². The average molecular weight is 404 g/mol. The highest BCUT2D eigenvalue weighted by Crippen LogP contribution is 2.43. The highest BCUT2D eigenvalue weighted by atomic mass is 32.2. The van der Waals surface area contributed by atoms with Gasteiger partial charge in [0.15, 0.2) is 0 Å². The van der Waals surface area contributed by atoms with Gasteiger partial charge in [0.1, 0.15) is 29.5 Å². The quantitative estimate of drug-likeness (QED) is 0.589. The Labute approximate surface area is 168 Å². The van der Waals surface area contributed by atoms with Crippen LogP contribution < -0.4 is 10.5 Å². The van der Waals surface area contributed by atoms with Gasteiger partial charge in [0.25, 0.3) is 0 Å². The summed E-state index contributed by atoms with van der Waals surface area (Å²) in [5.74, 6) is 0.904. The standard InChI is InChI=1S/C20H24N2O5S/c1-11-7-8-26-17(11)14-10-28-19-15(21)18(23)22(19)16(14)20(24)27-9-12-3-5-13(25-2)6-4-12/h3-6,11,15,17,19H,7-10,21H2,1-2H3/t11?,15-,17?,19-/m1/s1. The molecular weight excluding hydrogens is 380 g/mol. The van der Waals surface area contributed by atoms with Crippen LogP contribution in [0.1, 0.15) is 18.9 Å². The monoisotopic (exact) mass is 404 g/mol. The van der Waals surface area contributed by atoms with E-state index in [0.29, 0.717) is 24.0 Å². The number of hydrogen-bond donors (Lipinski definition) is 1. The summed E-state index contributed by atoms with van der Waals surface area (Å²) in [7, 11) is 1.60. The van der Waals surface area contributed by atoms with Crippen LogP contribution in [0.25, 0.3) is 0 Å². The van der Waals surface area contributed by atoms with Crippen molar-refractivity contribution in [2.24, 2.45) is 11.7 Å². The van der Waals surface area contributed by atoms with Crippen molar-refractivity contribution >= 4 is 23.6 Å². The molecule has 3 aliphatic heterocycles. The van der Waals surface area contributed by atoms with E-state index in [0.717, 1.165) is 23.3 Å². The van der Waals surface area contributed by atoms with Gasteiger partial charge in [0.05, 0.1) is 13.2 Å². The zero-order chi connectivity index (χ0) is 19.8. The molecule has 4 rings (SSSR count). The topological polar surface area (TPSA) is 91.1 Å². The van der Waals surface area contributed by atoms with Gasteiger partial charge in [0.2, 0.25) is 5.91 Å². The molecule has 0 bridgehead atoms. The van der Waals surface area contributed by atoms with E-state index in [2.05, 4.69) is 6.92 Å². The molecule has 1 aromatic carbocycles. The Kier molecular flexibility index (Phi) is 5.35. The number of nitrogens with zero attached hydrogens (tertiary/aromatic N) is 1. The van der Waals surface area contributed by atoms with E-state index in [1.165, 1.54) is 4.90 Å². The van der Waals surface area contributed by atoms with Crippen molar-refractivity contribution in [1.82, 2.24) is 4.90 Å². The van der Waals surface area contributed by atoms with Crippen molar-refractivity contribution in [1.29, 1.82) is 0 Å². The van der Waals surface area contributed by atoms with Crippen molar-refractivity contribution in [3.8, 4) is 5.75 Å². The molecule has 0 aliphatic carbocycles. The molecule has 0 aromatic heterocycles. The molecule has 4 atom stereocenters. The van der Waals surface area contributed by atoms with E-state index in [4.69, 9.17) is 19.9 Å². The van der Waals surface area contributed by atoms with Crippen LogP contribution in [0.2, 0.25) is 0 Å². The number of carbonyl (C=O) groups is 2. The Balaban J connectivity index is 1.57. The summed E-state index contributed by atoms with van der Waals surface area (Å²) in [4.78, 5) is 26.9. The highest BCUT2D eigenvalue weighted by Gasteiger charge is 2.53. The van der Waals surface area contributed by atoms with Crippen molar-refractivity contribution in [2.45, 2.75) is 37.5 Å². The van der Waals surface area contributed by atoms with Crippen LogP contribution in [0.4, 0.5) is 0 Å². The van der Waals surface area contributed by atoms with Crippen LogP contribution in [0.3, 0.4) is 0 Å². The molecule has 8 heteroatoms. The highest BCUT2D eigenvalue weighted by molar-refractivity contribution is 8.00. The molecule has 7 nitrogen and oxygen atoms in total. The van der Waals surface area contributed by atoms with Crippen molar-refractivity contribution < 1.29 is 23.8 Å². The molecule has 2 unspecified atom stereocenters. The van der Waals surface area contributed by atoms with Gasteiger partial charge in [-0.25, -0.2) is 4.79 Å². The summed E-state index contributed by atoms with van der Waals surface area (Å²) in [5.41, 5.74) is 7.93. The van der Waals surface area contributed by atoms with Gasteiger partial charge in [-0.2, -0.15) is 0 Å². The van der Waals surface area contributed by atoms with E-state index in [1.807, 2.05) is 24.3 Å². The number of β-lactam (4-membered cyclic amide) rings is 1. The summed E-state index contributed by atoms with van der Waals surface area (Å²) in [6.45, 7) is 2.88. The zero-order valence-electron chi connectivity index (χ0n) is 15.9. The summed E-state index contributed by atoms with van der Waals surface area (Å²) < 4.78 is 16.6. The maximum Gasteiger partial charge on any atom is 0.355 e. The molecule has 2 fully saturated rings. The number of fused-ring (bicyclic) bond motifs is 1. The lowest BCUT2D eigenvalue weighted by Crippen LogP contribution is -2.68.